The number of nitrogen functional groups attached to an aromatic ring is 1. The minimum atomic E-state index is -4.12. The van der Waals surface area contributed by atoms with Crippen LogP contribution in [0.2, 0.25) is 0 Å². The molecule has 0 spiro atoms. The number of amides is 2. The van der Waals surface area contributed by atoms with Gasteiger partial charge in [-0.2, -0.15) is 0 Å². The number of carboxylic acid groups (broad SMARTS) is 1. The Hall–Kier alpha value is -5.40. The van der Waals surface area contributed by atoms with Crippen LogP contribution in [-0.4, -0.2) is 54.2 Å². The zero-order valence-electron chi connectivity index (χ0n) is 26.8. The zero-order valence-corrected chi connectivity index (χ0v) is 27.7. The Kier molecular flexibility index (Phi) is 13.1. The van der Waals surface area contributed by atoms with E-state index in [1.807, 2.05) is 42.5 Å². The number of aryl methyl sites for hydroxylation is 2. The molecular weight excluding hydrogens is 644 g/mol. The van der Waals surface area contributed by atoms with Gasteiger partial charge < -0.3 is 21.5 Å². The van der Waals surface area contributed by atoms with E-state index in [0.717, 1.165) is 16.7 Å². The molecule has 0 aliphatic rings. The molecule has 0 aliphatic carbocycles. The van der Waals surface area contributed by atoms with Gasteiger partial charge in [0.1, 0.15) is 17.9 Å². The molecule has 3 aromatic carbocycles. The number of nitrogens with one attached hydrogen (secondary N) is 4. The Bertz CT molecular complexity index is 1840. The first-order valence-electron chi connectivity index (χ1n) is 15.8. The molecule has 12 nitrogen and oxygen atoms in total. The van der Waals surface area contributed by atoms with Gasteiger partial charge in [0.15, 0.2) is 0 Å². The van der Waals surface area contributed by atoms with Gasteiger partial charge in [-0.25, -0.2) is 17.9 Å². The number of nitrogens with zero attached hydrogens (tertiary/aromatic N) is 1. The number of carbonyl (C=O) groups excluding carboxylic acids is 2. The van der Waals surface area contributed by atoms with Gasteiger partial charge in [0, 0.05) is 24.5 Å². The van der Waals surface area contributed by atoms with E-state index in [4.69, 9.17) is 11.1 Å². The monoisotopic (exact) mass is 684 g/mol. The van der Waals surface area contributed by atoms with Crippen LogP contribution in [-0.2, 0) is 44.8 Å². The van der Waals surface area contributed by atoms with Crippen molar-refractivity contribution in [1.82, 2.24) is 20.3 Å². The molecule has 0 saturated heterocycles. The van der Waals surface area contributed by atoms with Crippen molar-refractivity contribution in [2.45, 2.75) is 56.5 Å². The molecule has 2 amide bonds. The number of aromatic carboxylic acids is 1. The van der Waals surface area contributed by atoms with E-state index in [1.165, 1.54) is 24.3 Å². The second-order valence-electron chi connectivity index (χ2n) is 11.6. The van der Waals surface area contributed by atoms with E-state index >= 15 is 0 Å². The number of carbonyl (C=O) groups is 3. The molecule has 2 unspecified atom stereocenters. The van der Waals surface area contributed by atoms with Crippen molar-refractivity contribution >= 4 is 33.6 Å². The highest BCUT2D eigenvalue weighted by Crippen LogP contribution is 2.13. The van der Waals surface area contributed by atoms with Crippen LogP contribution in [0.25, 0.3) is 0 Å². The third-order valence-electron chi connectivity index (χ3n) is 7.81. The van der Waals surface area contributed by atoms with Gasteiger partial charge in [0.05, 0.1) is 11.3 Å². The van der Waals surface area contributed by atoms with Gasteiger partial charge in [0.2, 0.25) is 21.8 Å². The summed E-state index contributed by atoms with van der Waals surface area (Å²) < 4.78 is 29.2. The first-order chi connectivity index (χ1) is 23.5. The summed E-state index contributed by atoms with van der Waals surface area (Å²) in [5.74, 6) is -2.90. The zero-order chi connectivity index (χ0) is 35.2. The van der Waals surface area contributed by atoms with Crippen molar-refractivity contribution < 1.29 is 27.9 Å². The first-order valence-corrected chi connectivity index (χ1v) is 17.4. The van der Waals surface area contributed by atoms with E-state index in [9.17, 15) is 27.9 Å². The summed E-state index contributed by atoms with van der Waals surface area (Å²) in [7, 11) is -4.12. The predicted octanol–water partition coefficient (Wildman–Crippen LogP) is 3.31. The maximum Gasteiger partial charge on any atom is 0.335 e. The normalized spacial score (nSPS) is 12.4. The fourth-order valence-electron chi connectivity index (χ4n) is 5.19. The van der Waals surface area contributed by atoms with Crippen LogP contribution >= 0.6 is 0 Å². The second kappa shape index (κ2) is 17.7. The van der Waals surface area contributed by atoms with E-state index in [1.54, 1.807) is 36.7 Å². The van der Waals surface area contributed by atoms with E-state index < -0.39 is 45.6 Å². The van der Waals surface area contributed by atoms with Crippen LogP contribution in [0, 0.1) is 5.41 Å². The lowest BCUT2D eigenvalue weighted by molar-refractivity contribution is -0.130. The molecule has 1 aromatic heterocycles. The Morgan fingerprint density at radius 3 is 2.10 bits per heavy atom. The molecule has 2 atom stereocenters. The Morgan fingerprint density at radius 2 is 1.43 bits per heavy atom. The number of rotatable bonds is 18. The van der Waals surface area contributed by atoms with Crippen molar-refractivity contribution in [2.75, 3.05) is 0 Å². The Morgan fingerprint density at radius 1 is 0.755 bits per heavy atom. The summed E-state index contributed by atoms with van der Waals surface area (Å²) in [5, 5.41) is 22.5. The molecule has 0 saturated carbocycles. The molecule has 0 aliphatic heterocycles. The number of hydrogen-bond donors (Lipinski definition) is 6. The number of amidine groups is 1. The van der Waals surface area contributed by atoms with E-state index in [-0.39, 0.29) is 36.3 Å². The van der Waals surface area contributed by atoms with Crippen LogP contribution in [0.3, 0.4) is 0 Å². The average molecular weight is 685 g/mol. The largest absolute Gasteiger partial charge is 0.478 e. The SMILES string of the molecule is N=C(N)c1ccc(CNC(=O)C(CCc2ccncc2)NC(=O)C(CCCc2ccccc2)NS(=O)(=O)Cc2cccc(C(=O)O)c2)cc1. The first kappa shape index (κ1) is 36.4. The number of nitrogens with two attached hydrogens (primary N) is 1. The van der Waals surface area contributed by atoms with Crippen molar-refractivity contribution in [3.8, 4) is 0 Å². The van der Waals surface area contributed by atoms with Gasteiger partial charge in [0.25, 0.3) is 0 Å². The maximum atomic E-state index is 13.8. The van der Waals surface area contributed by atoms with Crippen molar-refractivity contribution in [2.24, 2.45) is 5.73 Å². The molecule has 7 N–H and O–H groups in total. The summed E-state index contributed by atoms with van der Waals surface area (Å²) in [6, 6.07) is 23.5. The van der Waals surface area contributed by atoms with Gasteiger partial charge in [-0.3, -0.25) is 20.0 Å². The second-order valence-corrected chi connectivity index (χ2v) is 13.4. The Labute approximate surface area is 285 Å². The molecule has 1 heterocycles. The fourth-order valence-corrected chi connectivity index (χ4v) is 6.55. The topological polar surface area (TPSA) is 204 Å². The van der Waals surface area contributed by atoms with Crippen LogP contribution < -0.4 is 21.1 Å². The molecule has 4 aromatic rings. The summed E-state index contributed by atoms with van der Waals surface area (Å²) >= 11 is 0. The van der Waals surface area contributed by atoms with Gasteiger partial charge in [-0.15, -0.1) is 0 Å². The van der Waals surface area contributed by atoms with Crippen molar-refractivity contribution in [3.05, 3.63) is 137 Å². The third-order valence-corrected chi connectivity index (χ3v) is 9.16. The molecule has 0 radical (unpaired) electrons. The minimum Gasteiger partial charge on any atom is -0.478 e. The van der Waals surface area contributed by atoms with E-state index in [0.29, 0.717) is 24.8 Å². The number of aromatic nitrogens is 1. The molecule has 13 heteroatoms. The minimum absolute atomic E-state index is 0.0531. The fraction of sp³-hybridized carbons (Fsp3) is 0.250. The highest BCUT2D eigenvalue weighted by Gasteiger charge is 2.29. The number of pyridine rings is 1. The number of hydrogen-bond acceptors (Lipinski definition) is 7. The van der Waals surface area contributed by atoms with Crippen LogP contribution in [0.5, 0.6) is 0 Å². The van der Waals surface area contributed by atoms with Crippen molar-refractivity contribution in [3.63, 3.8) is 0 Å². The highest BCUT2D eigenvalue weighted by molar-refractivity contribution is 7.88. The molecule has 49 heavy (non-hydrogen) atoms. The van der Waals surface area contributed by atoms with E-state index in [2.05, 4.69) is 20.3 Å². The standard InChI is InChI=1S/C36H40N6O6S/c37-33(38)29-15-12-27(13-16-29)23-40-34(43)31(17-14-26-18-20-39-21-19-26)41-35(44)32(11-5-8-25-6-2-1-3-7-25)42-49(47,48)24-28-9-4-10-30(22-28)36(45)46/h1-4,6-7,9-10,12-13,15-16,18-22,31-32,42H,5,8,11,14,17,23-24H2,(H3,37,38)(H,40,43)(H,41,44)(H,45,46). The van der Waals surface area contributed by atoms with Crippen LogP contribution in [0.4, 0.5) is 0 Å². The summed E-state index contributed by atoms with van der Waals surface area (Å²) in [6.45, 7) is 0.154. The average Bonchev–Trinajstić information content (AvgIpc) is 3.09. The van der Waals surface area contributed by atoms with Gasteiger partial charge in [-0.05, 0) is 78.6 Å². The summed E-state index contributed by atoms with van der Waals surface area (Å²) in [4.78, 5) is 42.8. The molecule has 0 fully saturated rings. The van der Waals surface area contributed by atoms with Gasteiger partial charge in [-0.1, -0.05) is 66.7 Å². The Balaban J connectivity index is 1.51. The molecule has 4 rings (SSSR count). The summed E-state index contributed by atoms with van der Waals surface area (Å²) in [6.07, 6.45) is 5.17. The molecule has 256 valence electrons. The smallest absolute Gasteiger partial charge is 0.335 e. The number of benzene rings is 3. The predicted molar refractivity (Wildman–Crippen MR) is 186 cm³/mol. The lowest BCUT2D eigenvalue weighted by Crippen LogP contribution is -2.53. The quantitative estimate of drug-likeness (QED) is 0.0676. The van der Waals surface area contributed by atoms with Crippen molar-refractivity contribution in [1.29, 1.82) is 5.41 Å². The lowest BCUT2D eigenvalue weighted by atomic mass is 10.0. The van der Waals surface area contributed by atoms with Crippen LogP contribution in [0.15, 0.2) is 103 Å². The number of carboxylic acids is 1. The lowest BCUT2D eigenvalue weighted by Gasteiger charge is -2.23. The maximum absolute atomic E-state index is 13.8. The third kappa shape index (κ3) is 12.0. The molecular formula is C36H40N6O6S. The number of sulfonamides is 1. The van der Waals surface area contributed by atoms with Gasteiger partial charge >= 0.3 is 5.97 Å². The van der Waals surface area contributed by atoms with Crippen LogP contribution in [0.1, 0.15) is 57.4 Å². The highest BCUT2D eigenvalue weighted by atomic mass is 32.2. The summed E-state index contributed by atoms with van der Waals surface area (Å²) in [5.41, 5.74) is 8.98. The molecule has 0 bridgehead atoms.